The molecular weight excluding hydrogens is 325 g/mol. The van der Waals surface area contributed by atoms with E-state index in [1.54, 1.807) is 10.9 Å². The number of benzene rings is 1. The van der Waals surface area contributed by atoms with Crippen LogP contribution in [0.4, 0.5) is 0 Å². The molecule has 0 spiro atoms. The topological polar surface area (TPSA) is 41.6 Å². The quantitative estimate of drug-likeness (QED) is 0.788. The first-order valence-electron chi connectivity index (χ1n) is 5.37. The minimum atomic E-state index is 0.333. The highest BCUT2D eigenvalue weighted by molar-refractivity contribution is 14.1. The molecule has 0 N–H and O–H groups in total. The molecule has 3 nitrogen and oxygen atoms in total. The van der Waals surface area contributed by atoms with E-state index in [9.17, 15) is 5.26 Å². The molecule has 0 atom stereocenters. The molecule has 1 heterocycles. The van der Waals surface area contributed by atoms with E-state index in [-0.39, 0.29) is 0 Å². The maximum absolute atomic E-state index is 9.32. The van der Waals surface area contributed by atoms with E-state index in [4.69, 9.17) is 0 Å². The van der Waals surface area contributed by atoms with Gasteiger partial charge in [-0.15, -0.1) is 0 Å². The summed E-state index contributed by atoms with van der Waals surface area (Å²) in [4.78, 5) is 0. The molecule has 2 aromatic rings. The molecule has 0 bridgehead atoms. The van der Waals surface area contributed by atoms with Crippen molar-refractivity contribution in [2.45, 2.75) is 19.8 Å². The monoisotopic (exact) mass is 337 g/mol. The summed E-state index contributed by atoms with van der Waals surface area (Å²) >= 11 is 2.21. The van der Waals surface area contributed by atoms with Gasteiger partial charge < -0.3 is 0 Å². The van der Waals surface area contributed by atoms with Crippen LogP contribution in [0.5, 0.6) is 0 Å². The maximum atomic E-state index is 9.32. The van der Waals surface area contributed by atoms with E-state index < -0.39 is 0 Å². The van der Waals surface area contributed by atoms with Crippen LogP contribution in [0.1, 0.15) is 30.9 Å². The summed E-state index contributed by atoms with van der Waals surface area (Å²) in [6.07, 6.45) is 3.70. The number of hydrogen-bond donors (Lipinski definition) is 0. The van der Waals surface area contributed by atoms with Gasteiger partial charge in [0.2, 0.25) is 0 Å². The lowest BCUT2D eigenvalue weighted by molar-refractivity contribution is 0.838. The average molecular weight is 337 g/mol. The molecule has 17 heavy (non-hydrogen) atoms. The lowest BCUT2D eigenvalue weighted by Gasteiger charge is -2.11. The van der Waals surface area contributed by atoms with E-state index in [0.717, 1.165) is 14.8 Å². The van der Waals surface area contributed by atoms with Crippen LogP contribution < -0.4 is 0 Å². The van der Waals surface area contributed by atoms with Gasteiger partial charge in [-0.1, -0.05) is 26.0 Å². The molecule has 0 aliphatic heterocycles. The molecule has 2 rings (SSSR count). The number of aromatic nitrogens is 2. The van der Waals surface area contributed by atoms with Crippen molar-refractivity contribution >= 4 is 22.6 Å². The zero-order chi connectivity index (χ0) is 12.4. The number of rotatable bonds is 2. The van der Waals surface area contributed by atoms with Crippen molar-refractivity contribution in [3.05, 3.63) is 45.3 Å². The first-order valence-corrected chi connectivity index (χ1v) is 6.45. The van der Waals surface area contributed by atoms with Crippen LogP contribution >= 0.6 is 22.6 Å². The molecule has 0 aliphatic carbocycles. The summed E-state index contributed by atoms with van der Waals surface area (Å²) < 4.78 is 2.81. The van der Waals surface area contributed by atoms with Crippen molar-refractivity contribution in [2.75, 3.05) is 0 Å². The van der Waals surface area contributed by atoms with Crippen LogP contribution in [-0.4, -0.2) is 9.78 Å². The van der Waals surface area contributed by atoms with Crippen molar-refractivity contribution in [1.29, 1.82) is 5.26 Å². The molecule has 4 heteroatoms. The smallest absolute Gasteiger partial charge is 0.102 e. The van der Waals surface area contributed by atoms with E-state index in [1.807, 2.05) is 24.4 Å². The van der Waals surface area contributed by atoms with Crippen molar-refractivity contribution in [2.24, 2.45) is 0 Å². The van der Waals surface area contributed by atoms with Crippen molar-refractivity contribution in [3.8, 4) is 11.8 Å². The Kier molecular flexibility index (Phi) is 3.48. The highest BCUT2D eigenvalue weighted by atomic mass is 127. The Hall–Kier alpha value is -1.35. The van der Waals surface area contributed by atoms with Crippen LogP contribution in [0.15, 0.2) is 30.6 Å². The van der Waals surface area contributed by atoms with Crippen LogP contribution in [-0.2, 0) is 0 Å². The Labute approximate surface area is 114 Å². The predicted octanol–water partition coefficient (Wildman–Crippen LogP) is 3.47. The van der Waals surface area contributed by atoms with Crippen LogP contribution in [0.3, 0.4) is 0 Å². The van der Waals surface area contributed by atoms with Gasteiger partial charge in [0.05, 0.1) is 21.0 Å². The third-order valence-electron chi connectivity index (χ3n) is 2.61. The lowest BCUT2D eigenvalue weighted by atomic mass is 9.96. The molecule has 0 aliphatic rings. The molecule has 1 aromatic heterocycles. The minimum Gasteiger partial charge on any atom is -0.239 e. The zero-order valence-corrected chi connectivity index (χ0v) is 11.8. The number of hydrogen-bond acceptors (Lipinski definition) is 2. The van der Waals surface area contributed by atoms with Gasteiger partial charge >= 0.3 is 0 Å². The molecule has 0 fully saturated rings. The predicted molar refractivity (Wildman–Crippen MR) is 75.1 cm³/mol. The molecule has 0 saturated carbocycles. The zero-order valence-electron chi connectivity index (χ0n) is 9.68. The van der Waals surface area contributed by atoms with Gasteiger partial charge in [0.1, 0.15) is 6.07 Å². The lowest BCUT2D eigenvalue weighted by Crippen LogP contribution is -2.02. The standard InChI is InChI=1S/C13H12IN3/c1-9(2)11-4-3-5-13(12(11)6-15)17-8-10(14)7-16-17/h3-5,7-9H,1-2H3. The summed E-state index contributed by atoms with van der Waals surface area (Å²) in [7, 11) is 0. The van der Waals surface area contributed by atoms with E-state index in [2.05, 4.69) is 47.6 Å². The highest BCUT2D eigenvalue weighted by Gasteiger charge is 2.12. The SMILES string of the molecule is CC(C)c1cccc(-n2cc(I)cn2)c1C#N. The third-order valence-corrected chi connectivity index (χ3v) is 3.16. The van der Waals surface area contributed by atoms with Gasteiger partial charge in [-0.2, -0.15) is 10.4 Å². The second-order valence-electron chi connectivity index (χ2n) is 4.11. The van der Waals surface area contributed by atoms with Gasteiger partial charge in [0.25, 0.3) is 0 Å². The van der Waals surface area contributed by atoms with E-state index >= 15 is 0 Å². The third kappa shape index (κ3) is 2.34. The molecule has 86 valence electrons. The van der Waals surface area contributed by atoms with E-state index in [1.165, 1.54) is 0 Å². The highest BCUT2D eigenvalue weighted by Crippen LogP contribution is 2.24. The summed E-state index contributed by atoms with van der Waals surface area (Å²) in [6, 6.07) is 8.19. The van der Waals surface area contributed by atoms with Crippen LogP contribution in [0, 0.1) is 14.9 Å². The van der Waals surface area contributed by atoms with Crippen LogP contribution in [0.25, 0.3) is 5.69 Å². The van der Waals surface area contributed by atoms with Gasteiger partial charge in [0, 0.05) is 6.20 Å². The van der Waals surface area contributed by atoms with Crippen molar-refractivity contribution < 1.29 is 0 Å². The Morgan fingerprint density at radius 3 is 2.71 bits per heavy atom. The molecule has 0 saturated heterocycles. The summed E-state index contributed by atoms with van der Waals surface area (Å²) in [6.45, 7) is 4.18. The Morgan fingerprint density at radius 1 is 1.41 bits per heavy atom. The van der Waals surface area contributed by atoms with E-state index in [0.29, 0.717) is 11.5 Å². The fraction of sp³-hybridized carbons (Fsp3) is 0.231. The normalized spacial score (nSPS) is 10.5. The fourth-order valence-corrected chi connectivity index (χ4v) is 2.17. The van der Waals surface area contributed by atoms with Gasteiger partial charge in [0.15, 0.2) is 0 Å². The second kappa shape index (κ2) is 4.88. The van der Waals surface area contributed by atoms with Gasteiger partial charge in [-0.25, -0.2) is 4.68 Å². The van der Waals surface area contributed by atoms with Crippen molar-refractivity contribution in [1.82, 2.24) is 9.78 Å². The van der Waals surface area contributed by atoms with Crippen LogP contribution in [0.2, 0.25) is 0 Å². The Bertz CT molecular complexity index is 579. The fourth-order valence-electron chi connectivity index (χ4n) is 1.78. The molecule has 0 unspecified atom stereocenters. The number of nitrogens with zero attached hydrogens (tertiary/aromatic N) is 3. The molecule has 1 aromatic carbocycles. The maximum Gasteiger partial charge on any atom is 0.102 e. The molecular formula is C13H12IN3. The van der Waals surface area contributed by atoms with Crippen molar-refractivity contribution in [3.63, 3.8) is 0 Å². The average Bonchev–Trinajstić information content (AvgIpc) is 2.74. The molecule has 0 amide bonds. The van der Waals surface area contributed by atoms with Gasteiger partial charge in [-0.3, -0.25) is 0 Å². The summed E-state index contributed by atoms with van der Waals surface area (Å²) in [5, 5.41) is 13.6. The Balaban J connectivity index is 2.63. The summed E-state index contributed by atoms with van der Waals surface area (Å²) in [5.41, 5.74) is 2.62. The Morgan fingerprint density at radius 2 is 2.18 bits per heavy atom. The number of nitriles is 1. The number of halogens is 1. The molecule has 0 radical (unpaired) electrons. The summed E-state index contributed by atoms with van der Waals surface area (Å²) in [5.74, 6) is 0.333. The first kappa shape index (κ1) is 12.1. The van der Waals surface area contributed by atoms with Gasteiger partial charge in [-0.05, 0) is 40.1 Å². The largest absolute Gasteiger partial charge is 0.239 e. The first-order chi connectivity index (χ1) is 8.13. The minimum absolute atomic E-state index is 0.333. The second-order valence-corrected chi connectivity index (χ2v) is 5.36.